The number of nitrogens with zero attached hydrogens (tertiary/aromatic N) is 1. The summed E-state index contributed by atoms with van der Waals surface area (Å²) < 4.78 is 5.15. The Kier molecular flexibility index (Phi) is 7.06. The van der Waals surface area contributed by atoms with E-state index in [-0.39, 0.29) is 5.91 Å². The van der Waals surface area contributed by atoms with Gasteiger partial charge in [0.15, 0.2) is 0 Å². The Hall–Kier alpha value is -1.20. The molecule has 0 aliphatic carbocycles. The second-order valence-corrected chi connectivity index (χ2v) is 6.68. The molecule has 2 rings (SSSR count). The summed E-state index contributed by atoms with van der Waals surface area (Å²) in [5, 5.41) is 3.35. The van der Waals surface area contributed by atoms with Crippen molar-refractivity contribution in [2.24, 2.45) is 0 Å². The van der Waals surface area contributed by atoms with Crippen molar-refractivity contribution in [2.45, 2.75) is 37.1 Å². The molecule has 1 N–H and O–H groups in total. The number of amides is 1. The van der Waals surface area contributed by atoms with Gasteiger partial charge in [0.1, 0.15) is 5.75 Å². The second-order valence-electron chi connectivity index (χ2n) is 5.51. The molecule has 1 amide bonds. The molecule has 1 aromatic rings. The number of nitrogens with one attached hydrogen (secondary N) is 1. The quantitative estimate of drug-likeness (QED) is 0.747. The molecule has 1 aromatic carbocycles. The maximum atomic E-state index is 12.5. The lowest BCUT2D eigenvalue weighted by Gasteiger charge is -2.28. The highest BCUT2D eigenvalue weighted by atomic mass is 32.2. The molecule has 5 heteroatoms. The van der Waals surface area contributed by atoms with Crippen LogP contribution in [0.5, 0.6) is 5.75 Å². The molecule has 1 heterocycles. The number of benzene rings is 1. The Bertz CT molecular complexity index is 458. The molecular formula is C17H26N2O2S. The topological polar surface area (TPSA) is 41.6 Å². The van der Waals surface area contributed by atoms with E-state index >= 15 is 0 Å². The summed E-state index contributed by atoms with van der Waals surface area (Å²) in [5.74, 6) is 1.98. The van der Waals surface area contributed by atoms with Crippen LogP contribution in [0.3, 0.4) is 0 Å². The molecule has 0 spiro atoms. The van der Waals surface area contributed by atoms with E-state index in [1.807, 2.05) is 24.3 Å². The Morgan fingerprint density at radius 2 is 2.18 bits per heavy atom. The highest BCUT2D eigenvalue weighted by Gasteiger charge is 2.25. The lowest BCUT2D eigenvalue weighted by molar-refractivity contribution is -0.132. The van der Waals surface area contributed by atoms with Crippen LogP contribution in [-0.2, 0) is 4.79 Å². The highest BCUT2D eigenvalue weighted by molar-refractivity contribution is 7.99. The Balaban J connectivity index is 1.79. The molecule has 1 unspecified atom stereocenters. The van der Waals surface area contributed by atoms with E-state index in [1.54, 1.807) is 18.9 Å². The van der Waals surface area contributed by atoms with Crippen molar-refractivity contribution in [3.05, 3.63) is 24.3 Å². The van der Waals surface area contributed by atoms with Crippen LogP contribution < -0.4 is 10.1 Å². The van der Waals surface area contributed by atoms with Crippen LogP contribution in [0.4, 0.5) is 0 Å². The first-order chi connectivity index (χ1) is 10.7. The molecule has 0 aromatic heterocycles. The van der Waals surface area contributed by atoms with Gasteiger partial charge in [-0.2, -0.15) is 0 Å². The van der Waals surface area contributed by atoms with Crippen LogP contribution in [-0.4, -0.2) is 49.3 Å². The van der Waals surface area contributed by atoms with Crippen molar-refractivity contribution in [2.75, 3.05) is 32.5 Å². The summed E-state index contributed by atoms with van der Waals surface area (Å²) in [5.41, 5.74) is 0. The molecule has 122 valence electrons. The standard InChI is InChI=1S/C17H26N2O2S/c1-3-11-19(14-8-10-18-13-14)17(20)9-12-22-16-6-4-15(21-2)5-7-16/h4-7,14,18H,3,8-13H2,1-2H3. The molecular weight excluding hydrogens is 296 g/mol. The van der Waals surface area contributed by atoms with E-state index in [0.29, 0.717) is 12.5 Å². The van der Waals surface area contributed by atoms with Gasteiger partial charge in [-0.1, -0.05) is 6.92 Å². The van der Waals surface area contributed by atoms with E-state index < -0.39 is 0 Å². The first kappa shape index (κ1) is 17.2. The third kappa shape index (κ3) is 4.92. The van der Waals surface area contributed by atoms with Gasteiger partial charge >= 0.3 is 0 Å². The molecule has 4 nitrogen and oxygen atoms in total. The van der Waals surface area contributed by atoms with Crippen molar-refractivity contribution in [3.63, 3.8) is 0 Å². The summed E-state index contributed by atoms with van der Waals surface area (Å²) in [6.45, 7) is 4.98. The molecule has 0 bridgehead atoms. The van der Waals surface area contributed by atoms with Crippen LogP contribution in [0, 0.1) is 0 Å². The first-order valence-electron chi connectivity index (χ1n) is 8.01. The SMILES string of the molecule is CCCN(C(=O)CCSc1ccc(OC)cc1)C1CCNC1. The zero-order valence-corrected chi connectivity index (χ0v) is 14.3. The summed E-state index contributed by atoms with van der Waals surface area (Å²) in [6.07, 6.45) is 2.71. The van der Waals surface area contributed by atoms with E-state index in [1.165, 1.54) is 4.90 Å². The first-order valence-corrected chi connectivity index (χ1v) is 9.00. The fraction of sp³-hybridized carbons (Fsp3) is 0.588. The number of hydrogen-bond acceptors (Lipinski definition) is 4. The maximum Gasteiger partial charge on any atom is 0.223 e. The van der Waals surface area contributed by atoms with E-state index in [0.717, 1.165) is 44.0 Å². The molecule has 0 saturated carbocycles. The second kappa shape index (κ2) is 9.06. The zero-order valence-electron chi connectivity index (χ0n) is 13.5. The van der Waals surface area contributed by atoms with Gasteiger partial charge < -0.3 is 15.0 Å². The Morgan fingerprint density at radius 1 is 1.41 bits per heavy atom. The summed E-state index contributed by atoms with van der Waals surface area (Å²) in [7, 11) is 1.67. The maximum absolute atomic E-state index is 12.5. The minimum Gasteiger partial charge on any atom is -0.497 e. The van der Waals surface area contributed by atoms with Gasteiger partial charge in [0.25, 0.3) is 0 Å². The van der Waals surface area contributed by atoms with Crippen molar-refractivity contribution < 1.29 is 9.53 Å². The van der Waals surface area contributed by atoms with Crippen LogP contribution in [0.25, 0.3) is 0 Å². The van der Waals surface area contributed by atoms with Crippen molar-refractivity contribution in [3.8, 4) is 5.75 Å². The van der Waals surface area contributed by atoms with Crippen molar-refractivity contribution >= 4 is 17.7 Å². The van der Waals surface area contributed by atoms with Gasteiger partial charge in [-0.15, -0.1) is 11.8 Å². The Morgan fingerprint density at radius 3 is 2.77 bits per heavy atom. The third-order valence-electron chi connectivity index (χ3n) is 3.90. The number of methoxy groups -OCH3 is 1. The number of rotatable bonds is 8. The van der Waals surface area contributed by atoms with E-state index in [4.69, 9.17) is 4.74 Å². The molecule has 1 saturated heterocycles. The van der Waals surface area contributed by atoms with Gasteiger partial charge in [0, 0.05) is 36.2 Å². The van der Waals surface area contributed by atoms with Crippen molar-refractivity contribution in [1.29, 1.82) is 0 Å². The number of carbonyl (C=O) groups is 1. The average Bonchev–Trinajstić information content (AvgIpc) is 3.07. The monoisotopic (exact) mass is 322 g/mol. The van der Waals surface area contributed by atoms with Gasteiger partial charge in [-0.3, -0.25) is 4.79 Å². The van der Waals surface area contributed by atoms with Crippen LogP contribution in [0.1, 0.15) is 26.2 Å². The number of thioether (sulfide) groups is 1. The predicted molar refractivity (Wildman–Crippen MR) is 91.6 cm³/mol. The summed E-state index contributed by atoms with van der Waals surface area (Å²) in [6, 6.07) is 8.38. The van der Waals surface area contributed by atoms with Crippen LogP contribution in [0.15, 0.2) is 29.2 Å². The average molecular weight is 322 g/mol. The smallest absolute Gasteiger partial charge is 0.223 e. The van der Waals surface area contributed by atoms with Crippen molar-refractivity contribution in [1.82, 2.24) is 10.2 Å². The van der Waals surface area contributed by atoms with E-state index in [2.05, 4.69) is 17.1 Å². The van der Waals surface area contributed by atoms with Gasteiger partial charge in [-0.25, -0.2) is 0 Å². The minimum atomic E-state index is 0.288. The van der Waals surface area contributed by atoms with Gasteiger partial charge in [-0.05, 0) is 43.7 Å². The predicted octanol–water partition coefficient (Wildman–Crippen LogP) is 2.78. The van der Waals surface area contributed by atoms with Crippen LogP contribution >= 0.6 is 11.8 Å². The molecule has 1 aliphatic rings. The lowest BCUT2D eigenvalue weighted by Crippen LogP contribution is -2.42. The fourth-order valence-electron chi connectivity index (χ4n) is 2.73. The number of carbonyl (C=O) groups excluding carboxylic acids is 1. The molecule has 22 heavy (non-hydrogen) atoms. The van der Waals surface area contributed by atoms with E-state index in [9.17, 15) is 4.79 Å². The normalized spacial score (nSPS) is 17.5. The fourth-order valence-corrected chi connectivity index (χ4v) is 3.57. The molecule has 1 atom stereocenters. The summed E-state index contributed by atoms with van der Waals surface area (Å²) >= 11 is 1.73. The van der Waals surface area contributed by atoms with Gasteiger partial charge in [0.05, 0.1) is 7.11 Å². The largest absolute Gasteiger partial charge is 0.497 e. The van der Waals surface area contributed by atoms with Gasteiger partial charge in [0.2, 0.25) is 5.91 Å². The lowest BCUT2D eigenvalue weighted by atomic mass is 10.2. The number of ether oxygens (including phenoxy) is 1. The highest BCUT2D eigenvalue weighted by Crippen LogP contribution is 2.22. The number of hydrogen-bond donors (Lipinski definition) is 1. The zero-order chi connectivity index (χ0) is 15.8. The van der Waals surface area contributed by atoms with Crippen LogP contribution in [0.2, 0.25) is 0 Å². The Labute approximate surface area is 137 Å². The third-order valence-corrected chi connectivity index (χ3v) is 4.92. The molecule has 0 radical (unpaired) electrons. The molecule has 1 fully saturated rings. The minimum absolute atomic E-state index is 0.288. The summed E-state index contributed by atoms with van der Waals surface area (Å²) in [4.78, 5) is 15.7. The molecule has 1 aliphatic heterocycles.